The van der Waals surface area contributed by atoms with Gasteiger partial charge in [0.25, 0.3) is 0 Å². The third-order valence-electron chi connectivity index (χ3n) is 2.05. The van der Waals surface area contributed by atoms with Crippen LogP contribution in [0.2, 0.25) is 0 Å². The molecule has 4 nitrogen and oxygen atoms in total. The molecule has 0 saturated carbocycles. The molecule has 0 spiro atoms. The van der Waals surface area contributed by atoms with Gasteiger partial charge < -0.3 is 0 Å². The normalized spacial score (nSPS) is 11.5. The van der Waals surface area contributed by atoms with Crippen LogP contribution in [0.25, 0.3) is 5.69 Å². The van der Waals surface area contributed by atoms with Gasteiger partial charge in [0.05, 0.1) is 11.3 Å². The number of hydrogen-bond donors (Lipinski definition) is 0. The molecule has 0 radical (unpaired) electrons. The molecular formula is C10H6F3N3O. The van der Waals surface area contributed by atoms with Crippen LogP contribution in [0.15, 0.2) is 30.6 Å². The summed E-state index contributed by atoms with van der Waals surface area (Å²) in [5.41, 5.74) is -0.585. The Bertz CT molecular complexity index is 548. The highest BCUT2D eigenvalue weighted by Gasteiger charge is 2.30. The maximum Gasteiger partial charge on any atom is 0.416 e. The van der Waals surface area contributed by atoms with Crippen LogP contribution in [0.1, 0.15) is 16.2 Å². The van der Waals surface area contributed by atoms with Crippen LogP contribution in [0.3, 0.4) is 0 Å². The van der Waals surface area contributed by atoms with Gasteiger partial charge >= 0.3 is 6.18 Å². The number of benzene rings is 1. The molecule has 0 aliphatic rings. The van der Waals surface area contributed by atoms with E-state index in [0.29, 0.717) is 6.29 Å². The summed E-state index contributed by atoms with van der Waals surface area (Å²) >= 11 is 0. The molecule has 1 aromatic carbocycles. The number of carbonyl (C=O) groups is 1. The number of aromatic nitrogens is 3. The maximum absolute atomic E-state index is 12.5. The molecule has 0 saturated heterocycles. The number of nitrogens with zero attached hydrogens (tertiary/aromatic N) is 3. The van der Waals surface area contributed by atoms with Crippen molar-refractivity contribution >= 4 is 6.29 Å². The number of alkyl halides is 3. The average molecular weight is 241 g/mol. The van der Waals surface area contributed by atoms with Gasteiger partial charge in [-0.05, 0) is 18.2 Å². The Morgan fingerprint density at radius 3 is 2.65 bits per heavy atom. The van der Waals surface area contributed by atoms with E-state index in [-0.39, 0.29) is 11.5 Å². The fourth-order valence-electron chi connectivity index (χ4n) is 1.28. The summed E-state index contributed by atoms with van der Waals surface area (Å²) in [7, 11) is 0. The van der Waals surface area contributed by atoms with E-state index in [9.17, 15) is 18.0 Å². The minimum absolute atomic E-state index is 0.0811. The minimum Gasteiger partial charge on any atom is -0.294 e. The van der Waals surface area contributed by atoms with Crippen LogP contribution >= 0.6 is 0 Å². The fourth-order valence-corrected chi connectivity index (χ4v) is 1.28. The van der Waals surface area contributed by atoms with Crippen molar-refractivity contribution in [1.82, 2.24) is 14.8 Å². The predicted molar refractivity (Wildman–Crippen MR) is 51.7 cm³/mol. The summed E-state index contributed by atoms with van der Waals surface area (Å²) in [6.07, 6.45) is -2.81. The molecule has 17 heavy (non-hydrogen) atoms. The standard InChI is InChI=1S/C10H6F3N3O/c11-10(12,13)7-2-1-3-8(4-7)16-6-14-9(5-17)15-16/h1-6H. The van der Waals surface area contributed by atoms with Crippen LogP contribution in [-0.4, -0.2) is 21.1 Å². The molecule has 0 bridgehead atoms. The first-order valence-electron chi connectivity index (χ1n) is 4.55. The Morgan fingerprint density at radius 2 is 2.06 bits per heavy atom. The highest BCUT2D eigenvalue weighted by molar-refractivity contribution is 5.68. The number of carbonyl (C=O) groups excluding carboxylic acids is 1. The van der Waals surface area contributed by atoms with Crippen molar-refractivity contribution in [3.8, 4) is 5.69 Å². The summed E-state index contributed by atoms with van der Waals surface area (Å²) < 4.78 is 38.5. The highest BCUT2D eigenvalue weighted by atomic mass is 19.4. The molecule has 0 amide bonds. The number of halogens is 3. The van der Waals surface area contributed by atoms with Crippen molar-refractivity contribution in [1.29, 1.82) is 0 Å². The van der Waals surface area contributed by atoms with Gasteiger partial charge in [0.2, 0.25) is 5.82 Å². The van der Waals surface area contributed by atoms with Gasteiger partial charge in [-0.2, -0.15) is 13.2 Å². The Kier molecular flexibility index (Phi) is 2.66. The number of rotatable bonds is 2. The minimum atomic E-state index is -4.41. The van der Waals surface area contributed by atoms with Gasteiger partial charge in [0, 0.05) is 0 Å². The molecule has 0 fully saturated rings. The summed E-state index contributed by atoms with van der Waals surface area (Å²) in [5, 5.41) is 3.69. The zero-order valence-electron chi connectivity index (χ0n) is 8.35. The fraction of sp³-hybridized carbons (Fsp3) is 0.100. The first kappa shape index (κ1) is 11.3. The van der Waals surface area contributed by atoms with Crippen LogP contribution in [0, 0.1) is 0 Å². The molecule has 2 rings (SSSR count). The molecule has 2 aromatic rings. The Balaban J connectivity index is 2.42. The summed E-state index contributed by atoms with van der Waals surface area (Å²) in [4.78, 5) is 14.0. The van der Waals surface area contributed by atoms with Crippen LogP contribution in [-0.2, 0) is 6.18 Å². The van der Waals surface area contributed by atoms with Crippen molar-refractivity contribution in [2.45, 2.75) is 6.18 Å². The maximum atomic E-state index is 12.5. The Hall–Kier alpha value is -2.18. The van der Waals surface area contributed by atoms with E-state index >= 15 is 0 Å². The molecule has 0 atom stereocenters. The van der Waals surface area contributed by atoms with E-state index in [1.165, 1.54) is 18.5 Å². The first-order chi connectivity index (χ1) is 8.00. The van der Waals surface area contributed by atoms with E-state index in [2.05, 4.69) is 10.1 Å². The van der Waals surface area contributed by atoms with E-state index in [0.717, 1.165) is 16.8 Å². The van der Waals surface area contributed by atoms with Crippen molar-refractivity contribution < 1.29 is 18.0 Å². The van der Waals surface area contributed by atoms with Gasteiger partial charge in [-0.3, -0.25) is 4.79 Å². The molecule has 0 aliphatic carbocycles. The SMILES string of the molecule is O=Cc1ncn(-c2cccc(C(F)(F)F)c2)n1. The summed E-state index contributed by atoms with van der Waals surface area (Å²) in [6, 6.07) is 4.60. The lowest BCUT2D eigenvalue weighted by Gasteiger charge is -2.07. The van der Waals surface area contributed by atoms with Crippen LogP contribution in [0.4, 0.5) is 13.2 Å². The predicted octanol–water partition coefficient (Wildman–Crippen LogP) is 2.10. The van der Waals surface area contributed by atoms with Crippen molar-refractivity contribution in [2.24, 2.45) is 0 Å². The molecule has 88 valence electrons. The lowest BCUT2D eigenvalue weighted by atomic mass is 10.2. The topological polar surface area (TPSA) is 47.8 Å². The Labute approximate surface area is 93.7 Å². The van der Waals surface area contributed by atoms with Crippen LogP contribution in [0.5, 0.6) is 0 Å². The smallest absolute Gasteiger partial charge is 0.294 e. The molecule has 7 heteroatoms. The second-order valence-corrected chi connectivity index (χ2v) is 3.21. The molecule has 1 aromatic heterocycles. The molecule has 0 unspecified atom stereocenters. The van der Waals surface area contributed by atoms with E-state index in [4.69, 9.17) is 0 Å². The van der Waals surface area contributed by atoms with E-state index < -0.39 is 11.7 Å². The largest absolute Gasteiger partial charge is 0.416 e. The van der Waals surface area contributed by atoms with Gasteiger partial charge in [-0.1, -0.05) is 6.07 Å². The zero-order chi connectivity index (χ0) is 12.5. The van der Waals surface area contributed by atoms with Crippen LogP contribution < -0.4 is 0 Å². The van der Waals surface area contributed by atoms with Gasteiger partial charge in [0.15, 0.2) is 6.29 Å². The number of aldehydes is 1. The molecule has 0 N–H and O–H groups in total. The Morgan fingerprint density at radius 1 is 1.29 bits per heavy atom. The first-order valence-corrected chi connectivity index (χ1v) is 4.55. The van der Waals surface area contributed by atoms with Crippen molar-refractivity contribution in [3.05, 3.63) is 42.0 Å². The van der Waals surface area contributed by atoms with Gasteiger partial charge in [-0.25, -0.2) is 9.67 Å². The third-order valence-corrected chi connectivity index (χ3v) is 2.05. The monoisotopic (exact) mass is 241 g/mol. The number of hydrogen-bond acceptors (Lipinski definition) is 3. The van der Waals surface area contributed by atoms with Crippen molar-refractivity contribution in [2.75, 3.05) is 0 Å². The quantitative estimate of drug-likeness (QED) is 0.756. The summed E-state index contributed by atoms with van der Waals surface area (Å²) in [6.45, 7) is 0. The lowest BCUT2D eigenvalue weighted by Crippen LogP contribution is -2.06. The van der Waals surface area contributed by atoms with Gasteiger partial charge in [0.1, 0.15) is 6.33 Å². The second kappa shape index (κ2) is 4.00. The lowest BCUT2D eigenvalue weighted by molar-refractivity contribution is -0.137. The van der Waals surface area contributed by atoms with Gasteiger partial charge in [-0.15, -0.1) is 5.10 Å². The third kappa shape index (κ3) is 2.32. The molecular weight excluding hydrogens is 235 g/mol. The molecule has 0 aliphatic heterocycles. The highest BCUT2D eigenvalue weighted by Crippen LogP contribution is 2.30. The second-order valence-electron chi connectivity index (χ2n) is 3.21. The summed E-state index contributed by atoms with van der Waals surface area (Å²) in [5.74, 6) is -0.0811. The average Bonchev–Trinajstić information content (AvgIpc) is 2.76. The van der Waals surface area contributed by atoms with Crippen molar-refractivity contribution in [3.63, 3.8) is 0 Å². The molecule has 1 heterocycles. The van der Waals surface area contributed by atoms with E-state index in [1.807, 2.05) is 0 Å². The zero-order valence-corrected chi connectivity index (χ0v) is 8.35. The van der Waals surface area contributed by atoms with E-state index in [1.54, 1.807) is 0 Å².